The van der Waals surface area contributed by atoms with Crippen molar-refractivity contribution in [2.24, 2.45) is 0 Å². The quantitative estimate of drug-likeness (QED) is 0.404. The van der Waals surface area contributed by atoms with E-state index in [-0.39, 0.29) is 11.8 Å². The van der Waals surface area contributed by atoms with E-state index in [0.29, 0.717) is 19.5 Å². The van der Waals surface area contributed by atoms with Gasteiger partial charge in [-0.1, -0.05) is 71.7 Å². The number of hydrogen-bond donors (Lipinski definition) is 1. The Morgan fingerprint density at radius 1 is 1.10 bits per heavy atom. The number of hydrogen-bond acceptors (Lipinski definition) is 3. The SMILES string of the molecule is CCCCNC(=O)[C@@H](C)N(Cc1cccc(Br)c1)C(=O)CCSCc1ccccc1. The number of carbonyl (C=O) groups excluding carboxylic acids is 2. The first-order valence-electron chi connectivity index (χ1n) is 10.4. The maximum absolute atomic E-state index is 13.0. The molecule has 1 N–H and O–H groups in total. The summed E-state index contributed by atoms with van der Waals surface area (Å²) in [5.74, 6) is 1.53. The molecule has 0 aliphatic rings. The van der Waals surface area contributed by atoms with Crippen molar-refractivity contribution in [1.29, 1.82) is 0 Å². The highest BCUT2D eigenvalue weighted by Crippen LogP contribution is 2.18. The summed E-state index contributed by atoms with van der Waals surface area (Å²) in [4.78, 5) is 27.4. The fourth-order valence-corrected chi connectivity index (χ4v) is 4.36. The number of nitrogens with one attached hydrogen (secondary N) is 1. The van der Waals surface area contributed by atoms with E-state index in [1.165, 1.54) is 5.56 Å². The van der Waals surface area contributed by atoms with Gasteiger partial charge in [0.05, 0.1) is 0 Å². The third-order valence-corrected chi connectivity index (χ3v) is 6.33. The van der Waals surface area contributed by atoms with Crippen LogP contribution in [-0.2, 0) is 21.9 Å². The van der Waals surface area contributed by atoms with Crippen molar-refractivity contribution in [3.8, 4) is 0 Å². The minimum Gasteiger partial charge on any atom is -0.354 e. The summed E-state index contributed by atoms with van der Waals surface area (Å²) < 4.78 is 0.964. The molecule has 0 aromatic heterocycles. The van der Waals surface area contributed by atoms with Crippen molar-refractivity contribution >= 4 is 39.5 Å². The standard InChI is InChI=1S/C24H31BrN2O2S/c1-3-4-14-26-24(29)19(2)27(17-21-11-8-12-22(25)16-21)23(28)13-15-30-18-20-9-6-5-7-10-20/h5-12,16,19H,3-4,13-15,17-18H2,1-2H3,(H,26,29)/t19-/m1/s1. The van der Waals surface area contributed by atoms with Gasteiger partial charge in [-0.25, -0.2) is 0 Å². The smallest absolute Gasteiger partial charge is 0.242 e. The van der Waals surface area contributed by atoms with Gasteiger partial charge < -0.3 is 10.2 Å². The van der Waals surface area contributed by atoms with Crippen molar-refractivity contribution < 1.29 is 9.59 Å². The van der Waals surface area contributed by atoms with Gasteiger partial charge >= 0.3 is 0 Å². The lowest BCUT2D eigenvalue weighted by atomic mass is 10.1. The summed E-state index contributed by atoms with van der Waals surface area (Å²) in [6.45, 7) is 4.97. The van der Waals surface area contributed by atoms with Crippen LogP contribution in [0.5, 0.6) is 0 Å². The van der Waals surface area contributed by atoms with Crippen LogP contribution in [-0.4, -0.2) is 35.1 Å². The number of unbranched alkanes of at least 4 members (excludes halogenated alkanes) is 1. The first-order chi connectivity index (χ1) is 14.5. The van der Waals surface area contributed by atoms with Crippen LogP contribution >= 0.6 is 27.7 Å². The number of rotatable bonds is 12. The molecule has 2 aromatic rings. The van der Waals surface area contributed by atoms with Crippen molar-refractivity contribution in [3.05, 3.63) is 70.2 Å². The molecule has 0 heterocycles. The van der Waals surface area contributed by atoms with Gasteiger partial charge in [0.15, 0.2) is 0 Å². The fraction of sp³-hybridized carbons (Fsp3) is 0.417. The lowest BCUT2D eigenvalue weighted by molar-refractivity contribution is -0.140. The van der Waals surface area contributed by atoms with E-state index < -0.39 is 6.04 Å². The third kappa shape index (κ3) is 8.52. The molecule has 0 aliphatic heterocycles. The zero-order chi connectivity index (χ0) is 21.8. The van der Waals surface area contributed by atoms with Crippen molar-refractivity contribution in [1.82, 2.24) is 10.2 Å². The molecule has 0 unspecified atom stereocenters. The minimum atomic E-state index is -0.507. The van der Waals surface area contributed by atoms with E-state index >= 15 is 0 Å². The molecule has 0 bridgehead atoms. The molecule has 0 fully saturated rings. The first-order valence-corrected chi connectivity index (χ1v) is 12.4. The molecule has 0 aliphatic carbocycles. The van der Waals surface area contributed by atoms with Crippen molar-refractivity contribution in [2.75, 3.05) is 12.3 Å². The monoisotopic (exact) mass is 490 g/mol. The van der Waals surface area contributed by atoms with E-state index in [9.17, 15) is 9.59 Å². The highest BCUT2D eigenvalue weighted by Gasteiger charge is 2.25. The first kappa shape index (κ1) is 24.5. The van der Waals surface area contributed by atoms with Crippen LogP contribution in [0.3, 0.4) is 0 Å². The second-order valence-corrected chi connectivity index (χ2v) is 9.28. The highest BCUT2D eigenvalue weighted by molar-refractivity contribution is 9.10. The largest absolute Gasteiger partial charge is 0.354 e. The number of carbonyl (C=O) groups is 2. The van der Waals surface area contributed by atoms with Crippen LogP contribution in [0.4, 0.5) is 0 Å². The maximum atomic E-state index is 13.0. The molecule has 0 spiro atoms. The molecule has 0 saturated heterocycles. The van der Waals surface area contributed by atoms with Crippen LogP contribution in [0, 0.1) is 0 Å². The lowest BCUT2D eigenvalue weighted by Crippen LogP contribution is -2.47. The predicted octanol–water partition coefficient (Wildman–Crippen LogP) is 5.41. The van der Waals surface area contributed by atoms with Crippen molar-refractivity contribution in [2.45, 2.75) is 51.4 Å². The molecule has 2 rings (SSSR count). The van der Waals surface area contributed by atoms with Crippen LogP contribution in [0.25, 0.3) is 0 Å². The Morgan fingerprint density at radius 2 is 1.83 bits per heavy atom. The Kier molecular flexibility index (Phi) is 11.0. The molecule has 6 heteroatoms. The van der Waals surface area contributed by atoms with Crippen LogP contribution in [0.1, 0.15) is 44.2 Å². The lowest BCUT2D eigenvalue weighted by Gasteiger charge is -2.29. The van der Waals surface area contributed by atoms with E-state index in [4.69, 9.17) is 0 Å². The third-order valence-electron chi connectivity index (χ3n) is 4.81. The topological polar surface area (TPSA) is 49.4 Å². The molecule has 0 radical (unpaired) electrons. The Hall–Kier alpha value is -1.79. The van der Waals surface area contributed by atoms with Gasteiger partial charge in [-0.15, -0.1) is 0 Å². The normalized spacial score (nSPS) is 11.7. The highest BCUT2D eigenvalue weighted by atomic mass is 79.9. The Morgan fingerprint density at radius 3 is 2.53 bits per heavy atom. The molecule has 30 heavy (non-hydrogen) atoms. The molecule has 162 valence electrons. The van der Waals surface area contributed by atoms with Crippen LogP contribution in [0.2, 0.25) is 0 Å². The Bertz CT molecular complexity index is 801. The number of thioether (sulfide) groups is 1. The summed E-state index contributed by atoms with van der Waals surface area (Å²) in [6.07, 6.45) is 2.38. The Balaban J connectivity index is 1.97. The van der Waals surface area contributed by atoms with Gasteiger partial charge in [0, 0.05) is 35.5 Å². The molecular weight excluding hydrogens is 460 g/mol. The van der Waals surface area contributed by atoms with Gasteiger partial charge in [-0.2, -0.15) is 11.8 Å². The van der Waals surface area contributed by atoms with Gasteiger partial charge in [-0.05, 0) is 36.6 Å². The average molecular weight is 491 g/mol. The van der Waals surface area contributed by atoms with Gasteiger partial charge in [0.2, 0.25) is 11.8 Å². The van der Waals surface area contributed by atoms with Crippen LogP contribution in [0.15, 0.2) is 59.1 Å². The van der Waals surface area contributed by atoms with E-state index in [1.807, 2.05) is 49.4 Å². The second-order valence-electron chi connectivity index (χ2n) is 7.26. The van der Waals surface area contributed by atoms with E-state index in [2.05, 4.69) is 40.3 Å². The summed E-state index contributed by atoms with van der Waals surface area (Å²) in [5.41, 5.74) is 2.26. The molecule has 0 saturated carbocycles. The summed E-state index contributed by atoms with van der Waals surface area (Å²) in [7, 11) is 0. The van der Waals surface area contributed by atoms with E-state index in [1.54, 1.807) is 16.7 Å². The number of nitrogens with zero attached hydrogens (tertiary/aromatic N) is 1. The number of amides is 2. The average Bonchev–Trinajstić information content (AvgIpc) is 2.75. The maximum Gasteiger partial charge on any atom is 0.242 e. The predicted molar refractivity (Wildman–Crippen MR) is 129 cm³/mol. The summed E-state index contributed by atoms with van der Waals surface area (Å²) in [6, 6.07) is 17.6. The fourth-order valence-electron chi connectivity index (χ4n) is 3.02. The summed E-state index contributed by atoms with van der Waals surface area (Å²) >= 11 is 5.23. The van der Waals surface area contributed by atoms with Crippen LogP contribution < -0.4 is 5.32 Å². The minimum absolute atomic E-state index is 0.00804. The molecule has 2 amide bonds. The van der Waals surface area contributed by atoms with Gasteiger partial charge in [0.1, 0.15) is 6.04 Å². The molecule has 1 atom stereocenters. The molecular formula is C24H31BrN2O2S. The molecule has 2 aromatic carbocycles. The zero-order valence-corrected chi connectivity index (χ0v) is 20.2. The zero-order valence-electron chi connectivity index (χ0n) is 17.8. The number of benzene rings is 2. The number of halogens is 1. The van der Waals surface area contributed by atoms with Crippen molar-refractivity contribution in [3.63, 3.8) is 0 Å². The van der Waals surface area contributed by atoms with Gasteiger partial charge in [-0.3, -0.25) is 9.59 Å². The summed E-state index contributed by atoms with van der Waals surface area (Å²) in [5, 5.41) is 2.96. The molecule has 4 nitrogen and oxygen atoms in total. The second kappa shape index (κ2) is 13.5. The Labute approximate surface area is 192 Å². The van der Waals surface area contributed by atoms with E-state index in [0.717, 1.165) is 34.4 Å². The van der Waals surface area contributed by atoms with Gasteiger partial charge in [0.25, 0.3) is 0 Å².